The molecule has 0 heterocycles. The molecule has 6 nitrogen and oxygen atoms in total. The molecule has 0 radical (unpaired) electrons. The molecule has 0 aromatic carbocycles. The van der Waals surface area contributed by atoms with Gasteiger partial charge in [0.05, 0.1) is 13.0 Å². The average Bonchev–Trinajstić information content (AvgIpc) is 4.38. The number of aldehydes is 2. The molecular formula is C80H164AlLiO6. The van der Waals surface area contributed by atoms with Gasteiger partial charge in [-0.25, -0.2) is 0 Å². The van der Waals surface area contributed by atoms with Crippen molar-refractivity contribution < 1.29 is 49.6 Å². The fourth-order valence-corrected chi connectivity index (χ4v) is 11.7. The second kappa shape index (κ2) is 88.4. The first-order valence-electron chi connectivity index (χ1n) is 38.4. The van der Waals surface area contributed by atoms with Crippen LogP contribution >= 0.6 is 0 Å². The Hall–Kier alpha value is -0.660. The molecule has 0 aromatic rings. The van der Waals surface area contributed by atoms with Gasteiger partial charge in [-0.05, 0) is 126 Å². The summed E-state index contributed by atoms with van der Waals surface area (Å²) in [5, 5.41) is 17.1. The maximum atomic E-state index is 10.9. The van der Waals surface area contributed by atoms with E-state index in [4.69, 9.17) is 14.9 Å². The van der Waals surface area contributed by atoms with E-state index in [0.717, 1.165) is 61.9 Å². The first-order valence-corrected chi connectivity index (χ1v) is 38.4. The number of aliphatic hydroxyl groups is 2. The van der Waals surface area contributed by atoms with Gasteiger partial charge in [-0.2, -0.15) is 0 Å². The summed E-state index contributed by atoms with van der Waals surface area (Å²) < 4.78 is 4.82. The van der Waals surface area contributed by atoms with Crippen molar-refractivity contribution in [2.45, 2.75) is 405 Å². The van der Waals surface area contributed by atoms with Crippen LogP contribution in [0.25, 0.3) is 0 Å². The minimum atomic E-state index is -0.114. The Balaban J connectivity index is -0.000000134. The van der Waals surface area contributed by atoms with Gasteiger partial charge in [0.15, 0.2) is 17.4 Å². The fraction of sp³-hybridized carbons (Fsp3) is 0.912. The molecule has 10 saturated carbocycles. The minimum absolute atomic E-state index is 0. The molecule has 10 aliphatic carbocycles. The van der Waals surface area contributed by atoms with Crippen LogP contribution in [0.4, 0.5) is 0 Å². The van der Waals surface area contributed by atoms with Crippen LogP contribution < -0.4 is 18.9 Å². The Morgan fingerprint density at radius 1 is 0.375 bits per heavy atom. The van der Waals surface area contributed by atoms with Gasteiger partial charge < -0.3 is 26.0 Å². The van der Waals surface area contributed by atoms with Gasteiger partial charge in [0.2, 0.25) is 0 Å². The normalized spacial score (nSPS) is 19.4. The summed E-state index contributed by atoms with van der Waals surface area (Å²) in [6.45, 7) is 31.2. The van der Waals surface area contributed by atoms with Crippen molar-refractivity contribution in [2.75, 3.05) is 19.8 Å². The van der Waals surface area contributed by atoms with E-state index in [-0.39, 0.29) is 43.6 Å². The number of hydrogen-bond acceptors (Lipinski definition) is 6. The van der Waals surface area contributed by atoms with E-state index in [9.17, 15) is 14.4 Å². The van der Waals surface area contributed by atoms with E-state index in [1.165, 1.54) is 276 Å². The van der Waals surface area contributed by atoms with Crippen molar-refractivity contribution in [3.63, 3.8) is 0 Å². The summed E-state index contributed by atoms with van der Waals surface area (Å²) in [4.78, 5) is 31.0. The fourth-order valence-electron chi connectivity index (χ4n) is 11.7. The maximum absolute atomic E-state index is 10.9. The van der Waals surface area contributed by atoms with Gasteiger partial charge in [0, 0.05) is 25.0 Å². The van der Waals surface area contributed by atoms with Crippen molar-refractivity contribution in [3.8, 4) is 0 Å². The number of hydrogen-bond donors (Lipinski definition) is 2. The number of rotatable bonds is 9. The Kier molecular flexibility index (Phi) is 101. The number of esters is 1. The zero-order valence-electron chi connectivity index (χ0n) is 63.2. The monoisotopic (exact) mass is 1260 g/mol. The number of carbonyl (C=O) groups excluding carboxylic acids is 3. The van der Waals surface area contributed by atoms with Crippen LogP contribution in [0.5, 0.6) is 0 Å². The molecule has 0 atom stereocenters. The minimum Gasteiger partial charge on any atom is -1.00 e. The average molecular weight is 1260 g/mol. The van der Waals surface area contributed by atoms with E-state index < -0.39 is 0 Å². The zero-order chi connectivity index (χ0) is 65.2. The van der Waals surface area contributed by atoms with Crippen molar-refractivity contribution in [1.29, 1.82) is 0 Å². The first-order chi connectivity index (χ1) is 41.8. The maximum Gasteiger partial charge on any atom is 1.00 e. The van der Waals surface area contributed by atoms with Gasteiger partial charge in [0.25, 0.3) is 0 Å². The van der Waals surface area contributed by atoms with Crippen LogP contribution in [-0.2, 0) is 19.1 Å². The third-order valence-corrected chi connectivity index (χ3v) is 16.7. The third-order valence-electron chi connectivity index (χ3n) is 16.7. The van der Waals surface area contributed by atoms with Gasteiger partial charge >= 0.3 is 24.8 Å². The number of carbonyl (C=O) groups is 3. The Bertz CT molecular complexity index is 1190. The molecule has 2 N–H and O–H groups in total. The van der Waals surface area contributed by atoms with Crippen LogP contribution in [0.3, 0.4) is 0 Å². The predicted molar refractivity (Wildman–Crippen MR) is 396 cm³/mol. The molecule has 10 rings (SSSR count). The summed E-state index contributed by atoms with van der Waals surface area (Å²) in [6, 6.07) is 0. The summed E-state index contributed by atoms with van der Waals surface area (Å²) in [6.07, 6.45) is 75.5. The van der Waals surface area contributed by atoms with Gasteiger partial charge in [-0.1, -0.05) is 332 Å². The first kappa shape index (κ1) is 101. The molecule has 8 heteroatoms. The van der Waals surface area contributed by atoms with Crippen LogP contribution in [0.15, 0.2) is 24.3 Å². The second-order valence-electron chi connectivity index (χ2n) is 26.9. The zero-order valence-corrected chi connectivity index (χ0v) is 62.2. The summed E-state index contributed by atoms with van der Waals surface area (Å²) >= 11 is 0. The van der Waals surface area contributed by atoms with E-state index in [2.05, 4.69) is 108 Å². The molecule has 0 bridgehead atoms. The molecule has 0 aliphatic heterocycles. The van der Waals surface area contributed by atoms with Crippen LogP contribution in [0.1, 0.15) is 407 Å². The SMILES string of the molecule is C1CCCC1.C1CCCC1.CC1CCCC1.CC1CCCC1.CC=CC1CCCC1.CCC.CCC.CCC.CCC.CCC.CCOC(=O)CC=CC1CCCC1.O=CC1CCCC1.O=CC1CCCC1.OCC1CCCC1.OCC1CCCC1.[AlH3].[H-].[Li+]. The Morgan fingerprint density at radius 2 is 0.591 bits per heavy atom. The second-order valence-corrected chi connectivity index (χ2v) is 26.9. The van der Waals surface area contributed by atoms with Crippen molar-refractivity contribution in [1.82, 2.24) is 0 Å². The standard InChI is InChI=1S/C11H18O2.C8H14.2C6H12O.2C6H10O.2C6H12.2C5H10.5C3H8.Al.Li.4H/c1-2-13-11(12)9-5-8-10-6-3-4-7-10;1-2-5-8-6-3-4-7-8;4*7-5-6-3-1-2-4-6;2*1-6-4-2-3-5-6;2*1-2-4-5-3-1;5*1-3-2;;;;;;/h5,8,10H,2-4,6-7,9H2,1H3;2,5,8H,3-4,6-7H2,1H3;2*6-7H,1-5H2;2*5-6H,1-4H2;2*6H,2-5H2,1H3;2*1-5H2;5*3H2,1-2H3;;;;;;/q;;;;;;;;;;;;;;;;+1;;;;-1. The van der Waals surface area contributed by atoms with Crippen molar-refractivity contribution >= 4 is 35.9 Å². The molecule has 0 amide bonds. The number of aliphatic hydroxyl groups excluding tert-OH is 2. The van der Waals surface area contributed by atoms with E-state index >= 15 is 0 Å². The molecule has 0 saturated heterocycles. The Labute approximate surface area is 578 Å². The number of allylic oxidation sites excluding steroid dienone is 3. The molecule has 88 heavy (non-hydrogen) atoms. The van der Waals surface area contributed by atoms with Crippen LogP contribution in [-0.4, -0.2) is 65.9 Å². The summed E-state index contributed by atoms with van der Waals surface area (Å²) in [5.74, 6) is 5.76. The molecule has 0 aromatic heterocycles. The van der Waals surface area contributed by atoms with Gasteiger partial charge in [-0.3, -0.25) is 4.79 Å². The smallest absolute Gasteiger partial charge is 1.00 e. The molecule has 0 unspecified atom stereocenters. The Morgan fingerprint density at radius 3 is 0.761 bits per heavy atom. The van der Waals surface area contributed by atoms with E-state index in [1.807, 2.05) is 13.0 Å². The molecule has 524 valence electrons. The van der Waals surface area contributed by atoms with Crippen LogP contribution in [0.2, 0.25) is 0 Å². The van der Waals surface area contributed by atoms with Gasteiger partial charge in [0.1, 0.15) is 12.6 Å². The quantitative estimate of drug-likeness (QED) is 0.103. The topological polar surface area (TPSA) is 101 Å². The molecular weight excluding hydrogens is 1090 g/mol. The molecule has 10 fully saturated rings. The van der Waals surface area contributed by atoms with Crippen LogP contribution in [0, 0.1) is 47.3 Å². The number of ether oxygens (including phenoxy) is 1. The van der Waals surface area contributed by atoms with Crippen molar-refractivity contribution in [3.05, 3.63) is 24.3 Å². The summed E-state index contributed by atoms with van der Waals surface area (Å²) in [5.41, 5.74) is 0. The largest absolute Gasteiger partial charge is 1.00 e. The molecule has 10 aliphatic rings. The summed E-state index contributed by atoms with van der Waals surface area (Å²) in [7, 11) is 0. The van der Waals surface area contributed by atoms with Gasteiger partial charge in [-0.15, -0.1) is 0 Å². The predicted octanol–water partition coefficient (Wildman–Crippen LogP) is 21.8. The third kappa shape index (κ3) is 83.4. The molecule has 0 spiro atoms. The van der Waals surface area contributed by atoms with E-state index in [1.54, 1.807) is 0 Å². The van der Waals surface area contributed by atoms with E-state index in [0.29, 0.717) is 49.9 Å². The van der Waals surface area contributed by atoms with Crippen molar-refractivity contribution in [2.24, 2.45) is 47.3 Å².